The minimum atomic E-state index is 0.966. The second kappa shape index (κ2) is 13.3. The van der Waals surface area contributed by atoms with Gasteiger partial charge in [-0.15, -0.1) is 0 Å². The third kappa shape index (κ3) is 5.41. The van der Waals surface area contributed by atoms with Crippen molar-refractivity contribution in [2.45, 2.75) is 12.8 Å². The van der Waals surface area contributed by atoms with Crippen LogP contribution in [0.2, 0.25) is 0 Å². The highest BCUT2D eigenvalue weighted by atomic mass is 15.0. The molecule has 2 aromatic heterocycles. The lowest BCUT2D eigenvalue weighted by molar-refractivity contribution is 0.992. The molecular weight excluding hydrogens is 677 g/mol. The molecule has 2 heterocycles. The van der Waals surface area contributed by atoms with E-state index in [2.05, 4.69) is 215 Å². The molecule has 11 rings (SSSR count). The zero-order chi connectivity index (χ0) is 37.0. The summed E-state index contributed by atoms with van der Waals surface area (Å²) in [7, 11) is 0. The van der Waals surface area contributed by atoms with Crippen LogP contribution in [0.25, 0.3) is 93.9 Å². The third-order valence-electron chi connectivity index (χ3n) is 11.6. The molecule has 8 aromatic carbocycles. The van der Waals surface area contributed by atoms with E-state index >= 15 is 0 Å². The van der Waals surface area contributed by atoms with Gasteiger partial charge in [0.25, 0.3) is 0 Å². The normalized spacial score (nSPS) is 13.1. The number of para-hydroxylation sites is 2. The first-order valence-corrected chi connectivity index (χ1v) is 19.6. The van der Waals surface area contributed by atoms with Gasteiger partial charge in [-0.1, -0.05) is 158 Å². The molecule has 0 amide bonds. The number of aromatic nitrogens is 2. The van der Waals surface area contributed by atoms with Gasteiger partial charge in [0, 0.05) is 32.9 Å². The number of fused-ring (bicyclic) bond motifs is 6. The summed E-state index contributed by atoms with van der Waals surface area (Å²) in [6.07, 6.45) is 6.64. The van der Waals surface area contributed by atoms with Gasteiger partial charge in [-0.3, -0.25) is 0 Å². The molecule has 0 spiro atoms. The first-order valence-electron chi connectivity index (χ1n) is 19.6. The van der Waals surface area contributed by atoms with Crippen molar-refractivity contribution in [2.75, 3.05) is 0 Å². The maximum Gasteiger partial charge on any atom is 0.0547 e. The first-order chi connectivity index (χ1) is 27.8. The van der Waals surface area contributed by atoms with E-state index in [-0.39, 0.29) is 0 Å². The standard InChI is InChI=1S/C54H38N2/c1-3-13-37(14-4-1)40-17-11-18-41(33-40)39-25-29-45(30-26-39)55-51-23-9-7-21-47(51)49-31-27-43(35-53(49)55)44-28-32-50-48-22-8-10-24-52(48)56(54(50)36-44)46-20-12-19-42(34-46)38-15-5-2-6-16-38/h1-25,27-29,31-36H,26,30H2. The molecule has 0 atom stereocenters. The highest BCUT2D eigenvalue weighted by molar-refractivity contribution is 6.12. The number of rotatable bonds is 6. The molecule has 264 valence electrons. The van der Waals surface area contributed by atoms with Crippen LogP contribution in [-0.2, 0) is 0 Å². The summed E-state index contributed by atoms with van der Waals surface area (Å²) >= 11 is 0. The molecule has 0 N–H and O–H groups in total. The molecule has 0 saturated carbocycles. The molecule has 56 heavy (non-hydrogen) atoms. The van der Waals surface area contributed by atoms with E-state index in [1.807, 2.05) is 0 Å². The molecule has 0 aliphatic heterocycles. The summed E-state index contributed by atoms with van der Waals surface area (Å²) < 4.78 is 4.94. The van der Waals surface area contributed by atoms with Crippen LogP contribution in [0.3, 0.4) is 0 Å². The van der Waals surface area contributed by atoms with Crippen LogP contribution in [0.5, 0.6) is 0 Å². The number of allylic oxidation sites excluding steroid dienone is 4. The Morgan fingerprint density at radius 1 is 0.286 bits per heavy atom. The van der Waals surface area contributed by atoms with Gasteiger partial charge in [0.1, 0.15) is 0 Å². The van der Waals surface area contributed by atoms with E-state index in [1.165, 1.54) is 93.8 Å². The Morgan fingerprint density at radius 2 is 0.768 bits per heavy atom. The van der Waals surface area contributed by atoms with Crippen LogP contribution in [0.4, 0.5) is 0 Å². The lowest BCUT2D eigenvalue weighted by Gasteiger charge is -2.19. The van der Waals surface area contributed by atoms with Gasteiger partial charge in [0.2, 0.25) is 0 Å². The summed E-state index contributed by atoms with van der Waals surface area (Å²) in [5, 5.41) is 5.09. The van der Waals surface area contributed by atoms with Gasteiger partial charge >= 0.3 is 0 Å². The maximum absolute atomic E-state index is 2.51. The van der Waals surface area contributed by atoms with Gasteiger partial charge in [0.15, 0.2) is 0 Å². The van der Waals surface area contributed by atoms with Crippen LogP contribution in [0.15, 0.2) is 206 Å². The summed E-state index contributed by atoms with van der Waals surface area (Å²) in [5.41, 5.74) is 17.4. The average molecular weight is 715 g/mol. The SMILES string of the molecule is C1=C(c2cccc(-c3ccccc3)c2)CCC(n2c3ccccc3c3ccc(-c4ccc5c6ccccc6n(-c6cccc(-c7ccccc7)c6)c5c4)cc32)=C1. The van der Waals surface area contributed by atoms with E-state index in [0.717, 1.165) is 18.5 Å². The predicted molar refractivity (Wildman–Crippen MR) is 238 cm³/mol. The summed E-state index contributed by atoms with van der Waals surface area (Å²) in [4.78, 5) is 0. The van der Waals surface area contributed by atoms with E-state index in [9.17, 15) is 0 Å². The summed E-state index contributed by atoms with van der Waals surface area (Å²) in [6, 6.07) is 70.9. The quantitative estimate of drug-likeness (QED) is 0.162. The number of hydrogen-bond acceptors (Lipinski definition) is 0. The maximum atomic E-state index is 2.51. The van der Waals surface area contributed by atoms with Gasteiger partial charge < -0.3 is 9.13 Å². The van der Waals surface area contributed by atoms with Crippen molar-refractivity contribution in [3.8, 4) is 39.1 Å². The molecule has 2 heteroatoms. The molecule has 1 aliphatic rings. The zero-order valence-corrected chi connectivity index (χ0v) is 30.9. The van der Waals surface area contributed by atoms with E-state index < -0.39 is 0 Å². The van der Waals surface area contributed by atoms with Crippen molar-refractivity contribution in [2.24, 2.45) is 0 Å². The van der Waals surface area contributed by atoms with Crippen molar-refractivity contribution in [3.05, 3.63) is 212 Å². The Morgan fingerprint density at radius 3 is 1.39 bits per heavy atom. The number of hydrogen-bond donors (Lipinski definition) is 0. The summed E-state index contributed by atoms with van der Waals surface area (Å²) in [5.74, 6) is 0. The molecule has 0 saturated heterocycles. The van der Waals surface area contributed by atoms with Gasteiger partial charge in [0.05, 0.1) is 22.1 Å². The second-order valence-corrected chi connectivity index (χ2v) is 14.9. The number of benzene rings is 8. The van der Waals surface area contributed by atoms with Gasteiger partial charge in [-0.05, 0) is 106 Å². The second-order valence-electron chi connectivity index (χ2n) is 14.9. The molecule has 0 fully saturated rings. The Balaban J connectivity index is 1.03. The van der Waals surface area contributed by atoms with E-state index in [4.69, 9.17) is 0 Å². The topological polar surface area (TPSA) is 9.86 Å². The first kappa shape index (κ1) is 32.3. The van der Waals surface area contributed by atoms with Crippen molar-refractivity contribution in [3.63, 3.8) is 0 Å². The fourth-order valence-corrected chi connectivity index (χ4v) is 8.93. The molecule has 10 aromatic rings. The molecule has 0 bridgehead atoms. The monoisotopic (exact) mass is 714 g/mol. The van der Waals surface area contributed by atoms with Crippen LogP contribution in [0, 0.1) is 0 Å². The Labute approximate surface area is 326 Å². The van der Waals surface area contributed by atoms with Gasteiger partial charge in [-0.25, -0.2) is 0 Å². The van der Waals surface area contributed by atoms with Gasteiger partial charge in [-0.2, -0.15) is 0 Å². The summed E-state index contributed by atoms with van der Waals surface area (Å²) in [6.45, 7) is 0. The smallest absolute Gasteiger partial charge is 0.0547 e. The van der Waals surface area contributed by atoms with E-state index in [1.54, 1.807) is 0 Å². The molecular formula is C54H38N2. The highest BCUT2D eigenvalue weighted by Crippen LogP contribution is 2.40. The van der Waals surface area contributed by atoms with Crippen molar-refractivity contribution < 1.29 is 0 Å². The fraction of sp³-hybridized carbons (Fsp3) is 0.0370. The van der Waals surface area contributed by atoms with Crippen molar-refractivity contribution in [1.29, 1.82) is 0 Å². The van der Waals surface area contributed by atoms with Crippen LogP contribution in [0.1, 0.15) is 18.4 Å². The Kier molecular flexibility index (Phi) is 7.67. The molecule has 0 unspecified atom stereocenters. The minimum absolute atomic E-state index is 0.966. The average Bonchev–Trinajstić information content (AvgIpc) is 3.79. The van der Waals surface area contributed by atoms with Crippen molar-refractivity contribution >= 4 is 54.9 Å². The predicted octanol–water partition coefficient (Wildman–Crippen LogP) is 14.6. The van der Waals surface area contributed by atoms with Crippen LogP contribution < -0.4 is 0 Å². The minimum Gasteiger partial charge on any atom is -0.313 e. The lowest BCUT2D eigenvalue weighted by atomic mass is 9.93. The highest BCUT2D eigenvalue weighted by Gasteiger charge is 2.19. The van der Waals surface area contributed by atoms with Crippen LogP contribution in [-0.4, -0.2) is 9.13 Å². The number of nitrogens with zero attached hydrogens (tertiary/aromatic N) is 2. The Hall–Kier alpha value is -7.16. The Bertz CT molecular complexity index is 3170. The van der Waals surface area contributed by atoms with E-state index in [0.29, 0.717) is 0 Å². The van der Waals surface area contributed by atoms with Crippen LogP contribution >= 0.6 is 0 Å². The molecule has 1 aliphatic carbocycles. The third-order valence-corrected chi connectivity index (χ3v) is 11.6. The largest absolute Gasteiger partial charge is 0.313 e. The molecule has 2 nitrogen and oxygen atoms in total. The fourth-order valence-electron chi connectivity index (χ4n) is 8.93. The lowest BCUT2D eigenvalue weighted by Crippen LogP contribution is -2.01. The van der Waals surface area contributed by atoms with Crippen molar-refractivity contribution in [1.82, 2.24) is 9.13 Å². The molecule has 0 radical (unpaired) electrons. The zero-order valence-electron chi connectivity index (χ0n) is 30.9.